The van der Waals surface area contributed by atoms with E-state index in [0.717, 1.165) is 38.0 Å². The summed E-state index contributed by atoms with van der Waals surface area (Å²) in [5.74, 6) is 0.893. The Bertz CT molecular complexity index is 899. The summed E-state index contributed by atoms with van der Waals surface area (Å²) in [6.45, 7) is 3.11. The fraction of sp³-hybridized carbons (Fsp3) is 0.885. The zero-order valence-corrected chi connectivity index (χ0v) is 22.4. The van der Waals surface area contributed by atoms with Crippen LogP contribution in [0, 0.1) is 35.5 Å². The average molecular weight is 549 g/mol. The standard InChI is InChI=1S/C14H19F3N2O2.C12H20N2O.ClH/c1-7(20)19-13-4-8-2-9(5-13)11(10(3-8)6-13)18-12(21)14(15,16)17;1-7(15)14-12-4-8-2-9(5-12)11(13)10(3-8)6-12;/h8-11H,2-6H2,1H3,(H,18,21)(H,19,20);8-11H,2-6,13H2,1H3,(H,14,15);1H. The molecule has 3 amide bonds. The SMILES string of the molecule is CC(=O)NC12CC3CC(C1)C(N)C(C3)C2.CC(=O)NC12CC3CC(C1)C(NC(=O)C(F)(F)F)C(C3)C2.Cl. The van der Waals surface area contributed by atoms with Gasteiger partial charge in [-0.05, 0) is 99.7 Å². The highest BCUT2D eigenvalue weighted by molar-refractivity contribution is 5.85. The van der Waals surface area contributed by atoms with Crippen molar-refractivity contribution in [3.8, 4) is 0 Å². The van der Waals surface area contributed by atoms with Crippen molar-refractivity contribution in [1.29, 1.82) is 0 Å². The van der Waals surface area contributed by atoms with Crippen molar-refractivity contribution < 1.29 is 27.6 Å². The van der Waals surface area contributed by atoms with Gasteiger partial charge in [0.2, 0.25) is 11.8 Å². The fourth-order valence-corrected chi connectivity index (χ4v) is 9.61. The highest BCUT2D eigenvalue weighted by Gasteiger charge is 2.57. The molecule has 7 nitrogen and oxygen atoms in total. The van der Waals surface area contributed by atoms with Gasteiger partial charge in [0.1, 0.15) is 0 Å². The molecule has 8 aliphatic rings. The Kier molecular flexibility index (Phi) is 7.60. The van der Waals surface area contributed by atoms with Crippen LogP contribution in [0.4, 0.5) is 13.2 Å². The van der Waals surface area contributed by atoms with Gasteiger partial charge in [-0.3, -0.25) is 14.4 Å². The second kappa shape index (κ2) is 9.88. The number of carbonyl (C=O) groups is 3. The van der Waals surface area contributed by atoms with Gasteiger partial charge in [-0.15, -0.1) is 12.4 Å². The van der Waals surface area contributed by atoms with Gasteiger partial charge in [-0.25, -0.2) is 0 Å². The van der Waals surface area contributed by atoms with Crippen LogP contribution in [0.15, 0.2) is 0 Å². The first-order chi connectivity index (χ1) is 16.8. The van der Waals surface area contributed by atoms with Gasteiger partial charge in [0.05, 0.1) is 0 Å². The van der Waals surface area contributed by atoms with Gasteiger partial charge in [0.15, 0.2) is 0 Å². The van der Waals surface area contributed by atoms with Crippen LogP contribution < -0.4 is 21.7 Å². The summed E-state index contributed by atoms with van der Waals surface area (Å²) in [5.41, 5.74) is 6.11. The number of amides is 3. The summed E-state index contributed by atoms with van der Waals surface area (Å²) in [6.07, 6.45) is 5.18. The molecule has 8 fully saturated rings. The molecule has 0 aromatic heterocycles. The van der Waals surface area contributed by atoms with Crippen LogP contribution in [0.1, 0.15) is 78.1 Å². The van der Waals surface area contributed by atoms with E-state index in [2.05, 4.69) is 16.0 Å². The number of alkyl halides is 3. The number of halogens is 4. The maximum atomic E-state index is 12.4. The number of hydrogen-bond acceptors (Lipinski definition) is 4. The van der Waals surface area contributed by atoms with E-state index in [-0.39, 0.29) is 47.1 Å². The van der Waals surface area contributed by atoms with Gasteiger partial charge < -0.3 is 21.7 Å². The van der Waals surface area contributed by atoms with Crippen molar-refractivity contribution in [2.45, 2.75) is 107 Å². The number of rotatable bonds is 3. The van der Waals surface area contributed by atoms with Crippen LogP contribution in [0.25, 0.3) is 0 Å². The lowest BCUT2D eigenvalue weighted by Crippen LogP contribution is -2.67. The van der Waals surface area contributed by atoms with E-state index in [0.29, 0.717) is 36.6 Å². The number of nitrogens with one attached hydrogen (secondary N) is 3. The molecule has 0 radical (unpaired) electrons. The van der Waals surface area contributed by atoms with E-state index < -0.39 is 18.1 Å². The molecule has 0 aromatic carbocycles. The Morgan fingerprint density at radius 2 is 1.11 bits per heavy atom. The molecule has 0 aliphatic heterocycles. The first kappa shape index (κ1) is 28.5. The maximum absolute atomic E-state index is 12.4. The smallest absolute Gasteiger partial charge is 0.351 e. The Morgan fingerprint density at radius 1 is 0.730 bits per heavy atom. The maximum Gasteiger partial charge on any atom is 0.471 e. The molecule has 4 atom stereocenters. The molecule has 5 N–H and O–H groups in total. The summed E-state index contributed by atoms with van der Waals surface area (Å²) < 4.78 is 37.3. The molecule has 8 aliphatic carbocycles. The second-order valence-corrected chi connectivity index (χ2v) is 12.9. The van der Waals surface area contributed by atoms with Gasteiger partial charge in [-0.1, -0.05) is 0 Å². The minimum Gasteiger partial charge on any atom is -0.351 e. The summed E-state index contributed by atoms with van der Waals surface area (Å²) in [6, 6.07) is 0.000918. The van der Waals surface area contributed by atoms with Crippen molar-refractivity contribution in [3.05, 3.63) is 0 Å². The van der Waals surface area contributed by atoms with E-state index in [1.165, 1.54) is 26.2 Å². The van der Waals surface area contributed by atoms with Gasteiger partial charge >= 0.3 is 12.1 Å². The topological polar surface area (TPSA) is 113 Å². The summed E-state index contributed by atoms with van der Waals surface area (Å²) in [7, 11) is 0. The molecule has 8 rings (SSSR count). The predicted octanol–water partition coefficient (Wildman–Crippen LogP) is 3.20. The molecule has 8 saturated carbocycles. The lowest BCUT2D eigenvalue weighted by molar-refractivity contribution is -0.177. The van der Waals surface area contributed by atoms with Crippen molar-refractivity contribution in [3.63, 3.8) is 0 Å². The Hall–Kier alpha value is -1.55. The monoisotopic (exact) mass is 548 g/mol. The highest BCUT2D eigenvalue weighted by Crippen LogP contribution is 2.56. The minimum atomic E-state index is -4.83. The lowest BCUT2D eigenvalue weighted by atomic mass is 9.51. The van der Waals surface area contributed by atoms with Crippen LogP contribution in [-0.2, 0) is 14.4 Å². The predicted molar refractivity (Wildman–Crippen MR) is 133 cm³/mol. The van der Waals surface area contributed by atoms with Gasteiger partial charge in [0, 0.05) is 37.0 Å². The first-order valence-electron chi connectivity index (χ1n) is 13.5. The number of hydrogen-bond donors (Lipinski definition) is 4. The van der Waals surface area contributed by atoms with Crippen LogP contribution in [0.2, 0.25) is 0 Å². The molecule has 0 heterocycles. The third-order valence-electron chi connectivity index (χ3n) is 10.1. The summed E-state index contributed by atoms with van der Waals surface area (Å²) in [4.78, 5) is 33.9. The molecule has 210 valence electrons. The molecule has 0 saturated heterocycles. The Balaban J connectivity index is 0.000000177. The second-order valence-electron chi connectivity index (χ2n) is 12.9. The number of carbonyl (C=O) groups excluding carboxylic acids is 3. The fourth-order valence-electron chi connectivity index (χ4n) is 9.61. The molecular formula is C26H40ClF3N4O3. The van der Waals surface area contributed by atoms with Crippen LogP contribution in [0.3, 0.4) is 0 Å². The summed E-state index contributed by atoms with van der Waals surface area (Å²) >= 11 is 0. The highest BCUT2D eigenvalue weighted by atomic mass is 35.5. The van der Waals surface area contributed by atoms with E-state index >= 15 is 0 Å². The first-order valence-corrected chi connectivity index (χ1v) is 13.5. The third-order valence-corrected chi connectivity index (χ3v) is 10.1. The Labute approximate surface area is 222 Å². The van der Waals surface area contributed by atoms with Crippen molar-refractivity contribution >= 4 is 30.1 Å². The zero-order valence-electron chi connectivity index (χ0n) is 21.5. The molecule has 37 heavy (non-hydrogen) atoms. The zero-order chi connectivity index (χ0) is 26.0. The molecule has 4 unspecified atom stereocenters. The van der Waals surface area contributed by atoms with E-state index in [1.807, 2.05) is 0 Å². The van der Waals surface area contributed by atoms with Gasteiger partial charge in [0.25, 0.3) is 0 Å². The van der Waals surface area contributed by atoms with Crippen molar-refractivity contribution in [1.82, 2.24) is 16.0 Å². The van der Waals surface area contributed by atoms with Gasteiger partial charge in [-0.2, -0.15) is 13.2 Å². The van der Waals surface area contributed by atoms with Crippen molar-refractivity contribution in [2.24, 2.45) is 41.2 Å². The van der Waals surface area contributed by atoms with Crippen LogP contribution >= 0.6 is 12.4 Å². The molecule has 0 aromatic rings. The third kappa shape index (κ3) is 5.60. The quantitative estimate of drug-likeness (QED) is 0.434. The lowest BCUT2D eigenvalue weighted by Gasteiger charge is -2.60. The molecule has 0 spiro atoms. The number of nitrogens with two attached hydrogens (primary N) is 1. The minimum absolute atomic E-state index is 0. The molecular weight excluding hydrogens is 509 g/mol. The molecule has 11 heteroatoms. The molecule has 8 bridgehead atoms. The van der Waals surface area contributed by atoms with E-state index in [4.69, 9.17) is 5.73 Å². The normalized spacial score (nSPS) is 44.3. The van der Waals surface area contributed by atoms with Crippen LogP contribution in [0.5, 0.6) is 0 Å². The average Bonchev–Trinajstić information content (AvgIpc) is 2.71. The van der Waals surface area contributed by atoms with E-state index in [9.17, 15) is 27.6 Å². The van der Waals surface area contributed by atoms with Crippen molar-refractivity contribution in [2.75, 3.05) is 0 Å². The summed E-state index contributed by atoms with van der Waals surface area (Å²) in [5, 5.41) is 8.43. The van der Waals surface area contributed by atoms with E-state index in [1.54, 1.807) is 6.92 Å². The Morgan fingerprint density at radius 3 is 1.49 bits per heavy atom. The van der Waals surface area contributed by atoms with Crippen LogP contribution in [-0.4, -0.2) is 47.1 Å². The largest absolute Gasteiger partial charge is 0.471 e.